The molecule has 1 unspecified atom stereocenters. The van der Waals surface area contributed by atoms with Crippen molar-refractivity contribution in [2.75, 3.05) is 0 Å². The van der Waals surface area contributed by atoms with Gasteiger partial charge in [0.1, 0.15) is 17.7 Å². The molecule has 0 amide bonds. The maximum absolute atomic E-state index is 8.74. The maximum atomic E-state index is 8.74. The number of nitrogens with zero attached hydrogens (tertiary/aromatic N) is 4. The van der Waals surface area contributed by atoms with E-state index in [2.05, 4.69) is 0 Å². The van der Waals surface area contributed by atoms with Gasteiger partial charge in [0.2, 0.25) is 0 Å². The molecule has 0 aliphatic heterocycles. The average Bonchev–Trinajstić information content (AvgIpc) is 2.23. The van der Waals surface area contributed by atoms with E-state index in [0.717, 1.165) is 6.42 Å². The standard InChI is InChI=1S/C10H8N4/c1-2-3-8(4-11)10(7-14)9(5-12)6-13/h8H,2-3H2,1H3. The van der Waals surface area contributed by atoms with Crippen molar-refractivity contribution < 1.29 is 0 Å². The number of nitriles is 4. The second kappa shape index (κ2) is 6.24. The predicted molar refractivity (Wildman–Crippen MR) is 47.9 cm³/mol. The van der Waals surface area contributed by atoms with Crippen LogP contribution >= 0.6 is 0 Å². The Morgan fingerprint density at radius 1 is 1.07 bits per heavy atom. The highest BCUT2D eigenvalue weighted by molar-refractivity contribution is 5.48. The van der Waals surface area contributed by atoms with Gasteiger partial charge in [-0.25, -0.2) is 0 Å². The second-order valence-electron chi connectivity index (χ2n) is 2.59. The van der Waals surface area contributed by atoms with Crippen LogP contribution in [0.25, 0.3) is 0 Å². The molecule has 0 N–H and O–H groups in total. The molecule has 0 spiro atoms. The fourth-order valence-electron chi connectivity index (χ4n) is 1.02. The van der Waals surface area contributed by atoms with Crippen molar-refractivity contribution in [2.24, 2.45) is 5.92 Å². The topological polar surface area (TPSA) is 95.2 Å². The van der Waals surface area contributed by atoms with Crippen LogP contribution in [-0.4, -0.2) is 0 Å². The third-order valence-corrected chi connectivity index (χ3v) is 1.70. The minimum absolute atomic E-state index is 0.0145. The molecule has 4 heteroatoms. The minimum atomic E-state index is -0.640. The van der Waals surface area contributed by atoms with E-state index in [1.807, 2.05) is 13.0 Å². The van der Waals surface area contributed by atoms with E-state index < -0.39 is 5.92 Å². The zero-order valence-corrected chi connectivity index (χ0v) is 7.78. The molecule has 0 aliphatic carbocycles. The highest BCUT2D eigenvalue weighted by atomic mass is 14.4. The van der Waals surface area contributed by atoms with Crippen LogP contribution in [0.5, 0.6) is 0 Å². The molecule has 0 radical (unpaired) electrons. The van der Waals surface area contributed by atoms with Crippen molar-refractivity contribution in [1.29, 1.82) is 21.0 Å². The summed E-state index contributed by atoms with van der Waals surface area (Å²) < 4.78 is 0. The van der Waals surface area contributed by atoms with Crippen LogP contribution in [0, 0.1) is 51.2 Å². The summed E-state index contributed by atoms with van der Waals surface area (Å²) in [4.78, 5) is 0. The molecule has 0 fully saturated rings. The van der Waals surface area contributed by atoms with Crippen LogP contribution in [-0.2, 0) is 0 Å². The van der Waals surface area contributed by atoms with Crippen LogP contribution in [0.2, 0.25) is 0 Å². The molecule has 0 aromatic carbocycles. The van der Waals surface area contributed by atoms with Gasteiger partial charge >= 0.3 is 0 Å². The molecule has 0 aliphatic rings. The summed E-state index contributed by atoms with van der Waals surface area (Å²) in [5.41, 5.74) is -0.271. The summed E-state index contributed by atoms with van der Waals surface area (Å²) in [6.07, 6.45) is 1.22. The van der Waals surface area contributed by atoms with Gasteiger partial charge in [-0.1, -0.05) is 13.3 Å². The first kappa shape index (κ1) is 11.7. The lowest BCUT2D eigenvalue weighted by Crippen LogP contribution is -2.02. The summed E-state index contributed by atoms with van der Waals surface area (Å²) in [5, 5.41) is 34.6. The Balaban J connectivity index is 5.22. The van der Waals surface area contributed by atoms with E-state index in [1.54, 1.807) is 18.2 Å². The van der Waals surface area contributed by atoms with Crippen molar-refractivity contribution >= 4 is 0 Å². The fraction of sp³-hybridized carbons (Fsp3) is 0.400. The van der Waals surface area contributed by atoms with Gasteiger partial charge in [0.15, 0.2) is 0 Å². The molecule has 0 rings (SSSR count). The molecule has 14 heavy (non-hydrogen) atoms. The highest BCUT2D eigenvalue weighted by Gasteiger charge is 2.17. The van der Waals surface area contributed by atoms with Crippen LogP contribution in [0.15, 0.2) is 11.1 Å². The molecule has 68 valence electrons. The number of allylic oxidation sites excluding steroid dienone is 2. The molecule has 0 saturated carbocycles. The summed E-state index contributed by atoms with van der Waals surface area (Å²) in [7, 11) is 0. The van der Waals surface area contributed by atoms with E-state index >= 15 is 0 Å². The summed E-state index contributed by atoms with van der Waals surface area (Å²) in [6, 6.07) is 6.91. The first-order valence-electron chi connectivity index (χ1n) is 4.09. The van der Waals surface area contributed by atoms with Crippen LogP contribution in [0.3, 0.4) is 0 Å². The largest absolute Gasteiger partial charge is 0.198 e. The third kappa shape index (κ3) is 2.63. The van der Waals surface area contributed by atoms with Gasteiger partial charge in [-0.05, 0) is 6.42 Å². The first-order valence-corrected chi connectivity index (χ1v) is 4.09. The third-order valence-electron chi connectivity index (χ3n) is 1.70. The SMILES string of the molecule is CCCC(C#N)C(C#N)=C(C#N)C#N. The monoisotopic (exact) mass is 184 g/mol. The quantitative estimate of drug-likeness (QED) is 0.624. The van der Waals surface area contributed by atoms with Gasteiger partial charge < -0.3 is 0 Å². The van der Waals surface area contributed by atoms with Crippen molar-refractivity contribution in [2.45, 2.75) is 19.8 Å². The smallest absolute Gasteiger partial charge is 0.144 e. The zero-order valence-electron chi connectivity index (χ0n) is 7.78. The minimum Gasteiger partial charge on any atom is -0.198 e. The second-order valence-corrected chi connectivity index (χ2v) is 2.59. The lowest BCUT2D eigenvalue weighted by molar-refractivity contribution is 0.681. The Bertz CT molecular complexity index is 376. The molecule has 4 nitrogen and oxygen atoms in total. The Hall–Kier alpha value is -2.30. The van der Waals surface area contributed by atoms with Gasteiger partial charge in [0, 0.05) is 0 Å². The van der Waals surface area contributed by atoms with Crippen molar-refractivity contribution in [1.82, 2.24) is 0 Å². The predicted octanol–water partition coefficient (Wildman–Crippen LogP) is 1.79. The Morgan fingerprint density at radius 2 is 1.64 bits per heavy atom. The van der Waals surface area contributed by atoms with Gasteiger partial charge in [-0.2, -0.15) is 21.0 Å². The van der Waals surface area contributed by atoms with E-state index in [1.165, 1.54) is 0 Å². The van der Waals surface area contributed by atoms with Gasteiger partial charge in [0.25, 0.3) is 0 Å². The van der Waals surface area contributed by atoms with Gasteiger partial charge in [-0.3, -0.25) is 0 Å². The molecular formula is C10H8N4. The highest BCUT2D eigenvalue weighted by Crippen LogP contribution is 2.18. The van der Waals surface area contributed by atoms with E-state index in [4.69, 9.17) is 21.0 Å². The number of rotatable bonds is 3. The van der Waals surface area contributed by atoms with Crippen LogP contribution in [0.4, 0.5) is 0 Å². The van der Waals surface area contributed by atoms with Gasteiger partial charge in [-0.15, -0.1) is 0 Å². The fourth-order valence-corrected chi connectivity index (χ4v) is 1.02. The first-order chi connectivity index (χ1) is 6.74. The van der Waals surface area contributed by atoms with E-state index in [9.17, 15) is 0 Å². The molecule has 0 aromatic rings. The molecule has 0 aromatic heterocycles. The van der Waals surface area contributed by atoms with E-state index in [0.29, 0.717) is 6.42 Å². The molecule has 0 bridgehead atoms. The molecule has 0 saturated heterocycles. The lowest BCUT2D eigenvalue weighted by Gasteiger charge is -2.04. The Labute approximate surface area is 82.9 Å². The summed E-state index contributed by atoms with van der Waals surface area (Å²) in [6.45, 7) is 1.87. The Kier molecular flexibility index (Phi) is 5.22. The van der Waals surface area contributed by atoms with Crippen molar-refractivity contribution in [3.8, 4) is 24.3 Å². The average molecular weight is 184 g/mol. The van der Waals surface area contributed by atoms with Crippen LogP contribution < -0.4 is 0 Å². The molecule has 1 atom stereocenters. The summed E-state index contributed by atoms with van der Waals surface area (Å²) in [5.74, 6) is -0.640. The summed E-state index contributed by atoms with van der Waals surface area (Å²) >= 11 is 0. The van der Waals surface area contributed by atoms with Crippen molar-refractivity contribution in [3.05, 3.63) is 11.1 Å². The Morgan fingerprint density at radius 3 is 1.93 bits per heavy atom. The van der Waals surface area contributed by atoms with Crippen molar-refractivity contribution in [3.63, 3.8) is 0 Å². The zero-order chi connectivity index (χ0) is 11.0. The molecule has 0 heterocycles. The normalized spacial score (nSPS) is 9.79. The molecular weight excluding hydrogens is 176 g/mol. The van der Waals surface area contributed by atoms with Crippen LogP contribution in [0.1, 0.15) is 19.8 Å². The van der Waals surface area contributed by atoms with E-state index in [-0.39, 0.29) is 11.1 Å². The number of hydrogen-bond donors (Lipinski definition) is 0. The maximum Gasteiger partial charge on any atom is 0.144 e. The lowest BCUT2D eigenvalue weighted by atomic mass is 9.93. The van der Waals surface area contributed by atoms with Gasteiger partial charge in [0.05, 0.1) is 23.6 Å². The number of hydrogen-bond acceptors (Lipinski definition) is 4.